The molecule has 220 valence electrons. The molecule has 0 N–H and O–H groups in total. The van der Waals surface area contributed by atoms with Crippen molar-refractivity contribution in [1.29, 1.82) is 0 Å². The van der Waals surface area contributed by atoms with Gasteiger partial charge in [0.2, 0.25) is 0 Å². The molecular weight excluding hydrogens is 555 g/mol. The minimum atomic E-state index is -0.115. The summed E-state index contributed by atoms with van der Waals surface area (Å²) in [5, 5.41) is 0. The molecule has 0 saturated carbocycles. The average Bonchev–Trinajstić information content (AvgIpc) is 3.35. The predicted octanol–water partition coefficient (Wildman–Crippen LogP) is 12.5. The maximum Gasteiger partial charge on any atom is 0.0543 e. The summed E-state index contributed by atoms with van der Waals surface area (Å²) in [7, 11) is 0. The van der Waals surface area contributed by atoms with Gasteiger partial charge in [0.15, 0.2) is 0 Å². The Morgan fingerprint density at radius 1 is 0.348 bits per heavy atom. The van der Waals surface area contributed by atoms with Gasteiger partial charge in [0, 0.05) is 22.4 Å². The molecule has 0 unspecified atom stereocenters. The average molecular weight is 590 g/mol. The molecule has 0 aliphatic heterocycles. The quantitative estimate of drug-likeness (QED) is 0.186. The van der Waals surface area contributed by atoms with Crippen molar-refractivity contribution in [2.24, 2.45) is 0 Å². The lowest BCUT2D eigenvalue weighted by atomic mass is 9.81. The fraction of sp³-hybridized carbons (Fsp3) is 0.0667. The van der Waals surface area contributed by atoms with Gasteiger partial charge in [-0.05, 0) is 86.5 Å². The highest BCUT2D eigenvalue weighted by molar-refractivity contribution is 5.95. The molecule has 1 nitrogen and oxygen atoms in total. The van der Waals surface area contributed by atoms with Crippen molar-refractivity contribution in [2.75, 3.05) is 4.90 Å². The highest BCUT2D eigenvalue weighted by Gasteiger charge is 2.37. The molecule has 0 amide bonds. The lowest BCUT2D eigenvalue weighted by Crippen LogP contribution is -2.17. The second-order valence-corrected chi connectivity index (χ2v) is 12.6. The fourth-order valence-corrected chi connectivity index (χ4v) is 7.06. The first-order chi connectivity index (χ1) is 22.6. The first kappa shape index (κ1) is 27.9. The van der Waals surface area contributed by atoms with E-state index in [1.807, 2.05) is 0 Å². The van der Waals surface area contributed by atoms with Crippen LogP contribution >= 0.6 is 0 Å². The van der Waals surface area contributed by atoms with Crippen LogP contribution in [-0.4, -0.2) is 0 Å². The third-order valence-electron chi connectivity index (χ3n) is 9.49. The molecule has 7 aromatic rings. The van der Waals surface area contributed by atoms with Crippen LogP contribution in [0, 0.1) is 0 Å². The van der Waals surface area contributed by atoms with Crippen molar-refractivity contribution >= 4 is 17.1 Å². The molecule has 7 aromatic carbocycles. The van der Waals surface area contributed by atoms with E-state index in [1.54, 1.807) is 0 Å². The number of nitrogens with zero attached hydrogens (tertiary/aromatic N) is 1. The molecule has 1 heteroatoms. The van der Waals surface area contributed by atoms with E-state index < -0.39 is 0 Å². The zero-order chi connectivity index (χ0) is 31.1. The minimum absolute atomic E-state index is 0.115. The van der Waals surface area contributed by atoms with Crippen molar-refractivity contribution in [3.8, 4) is 44.5 Å². The van der Waals surface area contributed by atoms with Gasteiger partial charge in [0.25, 0.3) is 0 Å². The van der Waals surface area contributed by atoms with E-state index in [4.69, 9.17) is 0 Å². The second-order valence-electron chi connectivity index (χ2n) is 12.6. The first-order valence-electron chi connectivity index (χ1n) is 16.0. The van der Waals surface area contributed by atoms with E-state index in [0.29, 0.717) is 0 Å². The summed E-state index contributed by atoms with van der Waals surface area (Å²) in [6, 6.07) is 63.8. The molecule has 8 rings (SSSR count). The third-order valence-corrected chi connectivity index (χ3v) is 9.49. The van der Waals surface area contributed by atoms with Gasteiger partial charge in [-0.15, -0.1) is 0 Å². The highest BCUT2D eigenvalue weighted by Crippen LogP contribution is 2.53. The lowest BCUT2D eigenvalue weighted by Gasteiger charge is -2.30. The van der Waals surface area contributed by atoms with Gasteiger partial charge in [-0.1, -0.05) is 153 Å². The molecule has 46 heavy (non-hydrogen) atoms. The Bertz CT molecular complexity index is 2130. The van der Waals surface area contributed by atoms with Crippen molar-refractivity contribution in [1.82, 2.24) is 0 Å². The summed E-state index contributed by atoms with van der Waals surface area (Å²) in [6.07, 6.45) is 0. The molecule has 0 aromatic heterocycles. The summed E-state index contributed by atoms with van der Waals surface area (Å²) >= 11 is 0. The van der Waals surface area contributed by atoms with Gasteiger partial charge < -0.3 is 4.90 Å². The van der Waals surface area contributed by atoms with Gasteiger partial charge in [-0.3, -0.25) is 0 Å². The van der Waals surface area contributed by atoms with Gasteiger partial charge in [0.1, 0.15) is 0 Å². The Morgan fingerprint density at radius 3 is 1.41 bits per heavy atom. The largest absolute Gasteiger partial charge is 0.310 e. The second kappa shape index (κ2) is 11.4. The van der Waals surface area contributed by atoms with Crippen LogP contribution in [0.3, 0.4) is 0 Å². The maximum atomic E-state index is 2.45. The Labute approximate surface area is 272 Å². The molecular formula is C45H35N. The number of fused-ring (bicyclic) bond motifs is 3. The molecule has 0 saturated heterocycles. The van der Waals surface area contributed by atoms with Crippen LogP contribution in [0.25, 0.3) is 44.5 Å². The van der Waals surface area contributed by atoms with Crippen LogP contribution in [-0.2, 0) is 5.41 Å². The summed E-state index contributed by atoms with van der Waals surface area (Å²) in [5.41, 5.74) is 16.0. The minimum Gasteiger partial charge on any atom is -0.310 e. The van der Waals surface area contributed by atoms with E-state index in [1.165, 1.54) is 61.3 Å². The van der Waals surface area contributed by atoms with Gasteiger partial charge in [0.05, 0.1) is 5.69 Å². The number of hydrogen-bond acceptors (Lipinski definition) is 1. The zero-order valence-corrected chi connectivity index (χ0v) is 26.2. The fourth-order valence-electron chi connectivity index (χ4n) is 7.06. The van der Waals surface area contributed by atoms with Gasteiger partial charge in [-0.25, -0.2) is 0 Å². The summed E-state index contributed by atoms with van der Waals surface area (Å²) in [4.78, 5) is 2.43. The maximum absolute atomic E-state index is 2.45. The van der Waals surface area contributed by atoms with Crippen molar-refractivity contribution in [2.45, 2.75) is 19.3 Å². The first-order valence-corrected chi connectivity index (χ1v) is 16.0. The molecule has 0 atom stereocenters. The highest BCUT2D eigenvalue weighted by atomic mass is 15.1. The number of benzene rings is 7. The Kier molecular flexibility index (Phi) is 6.88. The molecule has 1 aliphatic rings. The van der Waals surface area contributed by atoms with E-state index in [0.717, 1.165) is 11.4 Å². The summed E-state index contributed by atoms with van der Waals surface area (Å²) in [5.74, 6) is 0. The van der Waals surface area contributed by atoms with E-state index in [9.17, 15) is 0 Å². The standard InChI is InChI=1S/C45H35N/c1-45(2)42-21-13-12-20-39(42)41-30-40(36-24-22-34(23-25-36)32-14-6-3-7-15-32)44(31-43(41)45)46(37-18-10-5-11-19-37)38-28-26-35(27-29-38)33-16-8-4-9-17-33/h3-31H,1-2H3. The lowest BCUT2D eigenvalue weighted by molar-refractivity contribution is 0.660. The van der Waals surface area contributed by atoms with Crippen LogP contribution in [0.1, 0.15) is 25.0 Å². The number of rotatable bonds is 6. The number of anilines is 3. The van der Waals surface area contributed by atoms with E-state index in [2.05, 4.69) is 195 Å². The topological polar surface area (TPSA) is 3.24 Å². The smallest absolute Gasteiger partial charge is 0.0543 e. The zero-order valence-electron chi connectivity index (χ0n) is 26.2. The van der Waals surface area contributed by atoms with Crippen LogP contribution in [0.15, 0.2) is 176 Å². The molecule has 0 fully saturated rings. The number of para-hydroxylation sites is 1. The van der Waals surface area contributed by atoms with Crippen LogP contribution in [0.5, 0.6) is 0 Å². The Balaban J connectivity index is 1.34. The monoisotopic (exact) mass is 589 g/mol. The summed E-state index contributed by atoms with van der Waals surface area (Å²) in [6.45, 7) is 4.72. The molecule has 0 radical (unpaired) electrons. The van der Waals surface area contributed by atoms with E-state index >= 15 is 0 Å². The molecule has 0 heterocycles. The normalized spacial score (nSPS) is 12.7. The van der Waals surface area contributed by atoms with Gasteiger partial charge in [-0.2, -0.15) is 0 Å². The summed E-state index contributed by atoms with van der Waals surface area (Å²) < 4.78 is 0. The number of hydrogen-bond donors (Lipinski definition) is 0. The predicted molar refractivity (Wildman–Crippen MR) is 195 cm³/mol. The van der Waals surface area contributed by atoms with Crippen molar-refractivity contribution in [3.63, 3.8) is 0 Å². The van der Waals surface area contributed by atoms with Crippen molar-refractivity contribution in [3.05, 3.63) is 187 Å². The van der Waals surface area contributed by atoms with Crippen LogP contribution in [0.2, 0.25) is 0 Å². The molecule has 0 bridgehead atoms. The molecule has 0 spiro atoms. The SMILES string of the molecule is CC1(C)c2ccccc2-c2cc(-c3ccc(-c4ccccc4)cc3)c(N(c3ccccc3)c3ccc(-c4ccccc4)cc3)cc21. The Hall–Kier alpha value is -5.66. The Morgan fingerprint density at radius 2 is 0.804 bits per heavy atom. The van der Waals surface area contributed by atoms with Gasteiger partial charge >= 0.3 is 0 Å². The van der Waals surface area contributed by atoms with E-state index in [-0.39, 0.29) is 5.41 Å². The van der Waals surface area contributed by atoms with Crippen LogP contribution in [0.4, 0.5) is 17.1 Å². The van der Waals surface area contributed by atoms with Crippen LogP contribution < -0.4 is 4.90 Å². The molecule has 1 aliphatic carbocycles. The van der Waals surface area contributed by atoms with Crippen molar-refractivity contribution < 1.29 is 0 Å². The third kappa shape index (κ3) is 4.82.